The number of hydrogen-bond donors (Lipinski definition) is 3. The van der Waals surface area contributed by atoms with E-state index >= 15 is 0 Å². The molecule has 0 aliphatic rings. The summed E-state index contributed by atoms with van der Waals surface area (Å²) >= 11 is 0. The van der Waals surface area contributed by atoms with Gasteiger partial charge < -0.3 is 21.5 Å². The highest BCUT2D eigenvalue weighted by atomic mass is 16.3. The minimum Gasteiger partial charge on any atom is -0.508 e. The Kier molecular flexibility index (Phi) is 4.33. The molecule has 0 heterocycles. The third-order valence-corrected chi connectivity index (χ3v) is 3.37. The molecule has 5 heteroatoms. The molecule has 0 bridgehead atoms. The van der Waals surface area contributed by atoms with Gasteiger partial charge in [0.1, 0.15) is 5.75 Å². The fourth-order valence-electron chi connectivity index (χ4n) is 2.17. The number of carbonyl (C=O) groups excluding carboxylic acids is 1. The minimum atomic E-state index is -0.492. The molecule has 21 heavy (non-hydrogen) atoms. The second-order valence-electron chi connectivity index (χ2n) is 4.81. The van der Waals surface area contributed by atoms with Crippen LogP contribution in [-0.4, -0.2) is 17.6 Å². The summed E-state index contributed by atoms with van der Waals surface area (Å²) in [7, 11) is 0. The van der Waals surface area contributed by atoms with Gasteiger partial charge in [0.05, 0.1) is 0 Å². The molecule has 110 valence electrons. The fraction of sp³-hybridized carbons (Fsp3) is 0.188. The van der Waals surface area contributed by atoms with E-state index in [0.29, 0.717) is 17.8 Å². The molecule has 0 radical (unpaired) electrons. The monoisotopic (exact) mass is 285 g/mol. The zero-order chi connectivity index (χ0) is 15.4. The van der Waals surface area contributed by atoms with Gasteiger partial charge in [-0.15, -0.1) is 0 Å². The number of carbonyl (C=O) groups is 1. The van der Waals surface area contributed by atoms with Crippen LogP contribution in [0.4, 0.5) is 11.4 Å². The summed E-state index contributed by atoms with van der Waals surface area (Å²) in [6.45, 7) is 3.38. The molecule has 2 rings (SSSR count). The number of primary amides is 1. The van der Waals surface area contributed by atoms with E-state index in [-0.39, 0.29) is 5.75 Å². The van der Waals surface area contributed by atoms with Gasteiger partial charge in [-0.05, 0) is 36.8 Å². The highest BCUT2D eigenvalue weighted by Gasteiger charge is 2.10. The second kappa shape index (κ2) is 6.17. The van der Waals surface area contributed by atoms with Crippen LogP contribution < -0.4 is 16.4 Å². The van der Waals surface area contributed by atoms with E-state index in [1.165, 1.54) is 0 Å². The predicted octanol–water partition coefficient (Wildman–Crippen LogP) is 2.10. The Morgan fingerprint density at radius 1 is 1.24 bits per heavy atom. The van der Waals surface area contributed by atoms with Crippen molar-refractivity contribution in [2.24, 2.45) is 5.73 Å². The molecule has 1 amide bonds. The molecule has 0 fully saturated rings. The number of aromatic hydroxyl groups is 1. The second-order valence-corrected chi connectivity index (χ2v) is 4.81. The molecular formula is C16H19N3O2. The highest BCUT2D eigenvalue weighted by Crippen LogP contribution is 2.24. The summed E-state index contributed by atoms with van der Waals surface area (Å²) in [5.74, 6) is -0.267. The lowest BCUT2D eigenvalue weighted by atomic mass is 10.1. The van der Waals surface area contributed by atoms with Crippen molar-refractivity contribution >= 4 is 17.3 Å². The van der Waals surface area contributed by atoms with E-state index in [9.17, 15) is 9.90 Å². The van der Waals surface area contributed by atoms with Gasteiger partial charge >= 0.3 is 0 Å². The van der Waals surface area contributed by atoms with Gasteiger partial charge in [-0.3, -0.25) is 4.79 Å². The normalized spacial score (nSPS) is 10.3. The predicted molar refractivity (Wildman–Crippen MR) is 84.2 cm³/mol. The number of benzene rings is 2. The number of nitrogens with two attached hydrogens (primary N) is 2. The maximum absolute atomic E-state index is 11.1. The molecule has 0 aromatic heterocycles. The number of rotatable bonds is 5. The van der Waals surface area contributed by atoms with Gasteiger partial charge in [-0.2, -0.15) is 0 Å². The summed E-state index contributed by atoms with van der Waals surface area (Å²) in [6, 6.07) is 12.1. The Balaban J connectivity index is 2.25. The van der Waals surface area contributed by atoms with Crippen molar-refractivity contribution in [1.29, 1.82) is 0 Å². The number of phenols is 1. The van der Waals surface area contributed by atoms with Crippen LogP contribution in [0.25, 0.3) is 0 Å². The van der Waals surface area contributed by atoms with Crippen LogP contribution in [0, 0.1) is 0 Å². The van der Waals surface area contributed by atoms with Gasteiger partial charge in [0.2, 0.25) is 5.91 Å². The Labute approximate surface area is 123 Å². The number of nitrogen functional groups attached to an aromatic ring is 1. The smallest absolute Gasteiger partial charge is 0.248 e. The van der Waals surface area contributed by atoms with Crippen LogP contribution >= 0.6 is 0 Å². The molecule has 0 saturated carbocycles. The van der Waals surface area contributed by atoms with Crippen molar-refractivity contribution in [2.75, 3.05) is 17.2 Å². The Bertz CT molecular complexity index is 656. The molecule has 0 aliphatic heterocycles. The van der Waals surface area contributed by atoms with Gasteiger partial charge in [0.25, 0.3) is 0 Å². The Hall–Kier alpha value is -2.69. The lowest BCUT2D eigenvalue weighted by molar-refractivity contribution is 0.100. The van der Waals surface area contributed by atoms with Crippen LogP contribution in [0.5, 0.6) is 5.75 Å². The van der Waals surface area contributed by atoms with Crippen molar-refractivity contribution < 1.29 is 9.90 Å². The average molecular weight is 285 g/mol. The van der Waals surface area contributed by atoms with Crippen LogP contribution in [0.15, 0.2) is 42.5 Å². The lowest BCUT2D eigenvalue weighted by Gasteiger charge is -2.24. The number of nitrogens with zero attached hydrogens (tertiary/aromatic N) is 1. The van der Waals surface area contributed by atoms with Crippen molar-refractivity contribution in [3.63, 3.8) is 0 Å². The van der Waals surface area contributed by atoms with Crippen molar-refractivity contribution in [1.82, 2.24) is 0 Å². The molecule has 0 aliphatic carbocycles. The molecule has 0 atom stereocenters. The van der Waals surface area contributed by atoms with Crippen molar-refractivity contribution in [2.45, 2.75) is 13.5 Å². The van der Waals surface area contributed by atoms with E-state index in [4.69, 9.17) is 11.5 Å². The van der Waals surface area contributed by atoms with Crippen molar-refractivity contribution in [3.8, 4) is 5.75 Å². The highest BCUT2D eigenvalue weighted by molar-refractivity contribution is 5.93. The Morgan fingerprint density at radius 3 is 2.57 bits per heavy atom. The standard InChI is InChI=1S/C16H19N3O2/c1-2-19(13-4-3-5-14(20)9-13)10-12-7-6-11(16(18)21)8-15(12)17/h3-9,20H,2,10,17H2,1H3,(H2,18,21). The zero-order valence-corrected chi connectivity index (χ0v) is 11.9. The van der Waals surface area contributed by atoms with Crippen LogP contribution in [-0.2, 0) is 6.54 Å². The third-order valence-electron chi connectivity index (χ3n) is 3.37. The molecule has 5 nitrogen and oxygen atoms in total. The maximum atomic E-state index is 11.1. The summed E-state index contributed by atoms with van der Waals surface area (Å²) in [6.07, 6.45) is 0. The fourth-order valence-corrected chi connectivity index (χ4v) is 2.17. The summed E-state index contributed by atoms with van der Waals surface area (Å²) in [5, 5.41) is 9.57. The van der Waals surface area contributed by atoms with E-state index in [1.54, 1.807) is 36.4 Å². The van der Waals surface area contributed by atoms with Gasteiger partial charge in [0.15, 0.2) is 0 Å². The summed E-state index contributed by atoms with van der Waals surface area (Å²) in [5.41, 5.74) is 14.0. The molecule has 0 unspecified atom stereocenters. The first-order chi connectivity index (χ1) is 10.0. The number of phenolic OH excluding ortho intramolecular Hbond substituents is 1. The zero-order valence-electron chi connectivity index (χ0n) is 11.9. The van der Waals surface area contributed by atoms with E-state index in [0.717, 1.165) is 17.8 Å². The largest absolute Gasteiger partial charge is 0.508 e. The van der Waals surface area contributed by atoms with E-state index in [1.807, 2.05) is 13.0 Å². The minimum absolute atomic E-state index is 0.225. The molecular weight excluding hydrogens is 266 g/mol. The maximum Gasteiger partial charge on any atom is 0.248 e. The molecule has 0 spiro atoms. The number of amides is 1. The van der Waals surface area contributed by atoms with Gasteiger partial charge in [0, 0.05) is 36.1 Å². The number of hydrogen-bond acceptors (Lipinski definition) is 4. The van der Waals surface area contributed by atoms with E-state index < -0.39 is 5.91 Å². The van der Waals surface area contributed by atoms with Crippen LogP contribution in [0.2, 0.25) is 0 Å². The number of anilines is 2. The summed E-state index contributed by atoms with van der Waals surface area (Å²) < 4.78 is 0. The quantitative estimate of drug-likeness (QED) is 0.733. The molecule has 0 saturated heterocycles. The third kappa shape index (κ3) is 3.45. The first kappa shape index (κ1) is 14.7. The SMILES string of the molecule is CCN(Cc1ccc(C(N)=O)cc1N)c1cccc(O)c1. The molecule has 2 aromatic rings. The first-order valence-electron chi connectivity index (χ1n) is 6.73. The van der Waals surface area contributed by atoms with E-state index in [2.05, 4.69) is 4.90 Å². The first-order valence-corrected chi connectivity index (χ1v) is 6.73. The van der Waals surface area contributed by atoms with Gasteiger partial charge in [-0.1, -0.05) is 12.1 Å². The van der Waals surface area contributed by atoms with Crippen molar-refractivity contribution in [3.05, 3.63) is 53.6 Å². The van der Waals surface area contributed by atoms with Gasteiger partial charge in [-0.25, -0.2) is 0 Å². The Morgan fingerprint density at radius 2 is 2.00 bits per heavy atom. The van der Waals surface area contributed by atoms with Crippen LogP contribution in [0.3, 0.4) is 0 Å². The lowest BCUT2D eigenvalue weighted by Crippen LogP contribution is -2.22. The average Bonchev–Trinajstić information content (AvgIpc) is 2.45. The van der Waals surface area contributed by atoms with Crippen LogP contribution in [0.1, 0.15) is 22.8 Å². The molecule has 5 N–H and O–H groups in total. The molecule has 2 aromatic carbocycles. The summed E-state index contributed by atoms with van der Waals surface area (Å²) in [4.78, 5) is 13.2. The topological polar surface area (TPSA) is 92.6 Å².